The Bertz CT molecular complexity index is 540. The molecule has 4 heteroatoms. The molecule has 1 fully saturated rings. The van der Waals surface area contributed by atoms with Gasteiger partial charge >= 0.3 is 0 Å². The first-order valence-electron chi connectivity index (χ1n) is 7.04. The first kappa shape index (κ1) is 12.8. The van der Waals surface area contributed by atoms with E-state index in [2.05, 4.69) is 51.4 Å². The van der Waals surface area contributed by atoms with Crippen molar-refractivity contribution in [2.75, 3.05) is 23.3 Å². The van der Waals surface area contributed by atoms with Gasteiger partial charge < -0.3 is 14.8 Å². The molecule has 0 atom stereocenters. The molecule has 0 aliphatic carbocycles. The number of carbonyl (C=O) groups is 1. The predicted molar refractivity (Wildman–Crippen MR) is 81.0 cm³/mol. The monoisotopic (exact) mass is 269 g/mol. The van der Waals surface area contributed by atoms with Crippen molar-refractivity contribution in [3.8, 4) is 0 Å². The summed E-state index contributed by atoms with van der Waals surface area (Å²) < 4.78 is 2.31. The summed E-state index contributed by atoms with van der Waals surface area (Å²) in [5, 5.41) is 2.66. The fraction of sp³-hybridized carbons (Fsp3) is 0.312. The van der Waals surface area contributed by atoms with Crippen molar-refractivity contribution in [3.05, 3.63) is 48.8 Å². The van der Waals surface area contributed by atoms with E-state index in [0.29, 0.717) is 12.5 Å². The Morgan fingerprint density at radius 1 is 1.05 bits per heavy atom. The Hall–Kier alpha value is -2.23. The molecule has 20 heavy (non-hydrogen) atoms. The van der Waals surface area contributed by atoms with E-state index in [1.165, 1.54) is 18.5 Å². The summed E-state index contributed by atoms with van der Waals surface area (Å²) in [4.78, 5) is 12.8. The highest BCUT2D eigenvalue weighted by Gasteiger charge is 2.19. The van der Waals surface area contributed by atoms with Gasteiger partial charge in [0.05, 0.1) is 0 Å². The van der Waals surface area contributed by atoms with Gasteiger partial charge in [-0.05, 0) is 49.2 Å². The smallest absolute Gasteiger partial charge is 0.211 e. The predicted octanol–water partition coefficient (Wildman–Crippen LogP) is 2.90. The van der Waals surface area contributed by atoms with Gasteiger partial charge in [-0.3, -0.25) is 4.79 Å². The number of hydrogen-bond acceptors (Lipinski definition) is 2. The average molecular weight is 269 g/mol. The van der Waals surface area contributed by atoms with Gasteiger partial charge in [-0.2, -0.15) is 0 Å². The van der Waals surface area contributed by atoms with Crippen LogP contribution >= 0.6 is 0 Å². The molecule has 0 bridgehead atoms. The van der Waals surface area contributed by atoms with Crippen LogP contribution in [0.3, 0.4) is 0 Å². The lowest BCUT2D eigenvalue weighted by Gasteiger charge is -2.34. The van der Waals surface area contributed by atoms with Crippen LogP contribution in [0.25, 0.3) is 0 Å². The van der Waals surface area contributed by atoms with Gasteiger partial charge in [0.15, 0.2) is 0 Å². The van der Waals surface area contributed by atoms with Crippen LogP contribution in [0.5, 0.6) is 0 Å². The number of benzene rings is 1. The van der Waals surface area contributed by atoms with Gasteiger partial charge in [0.25, 0.3) is 0 Å². The lowest BCUT2D eigenvalue weighted by Crippen LogP contribution is -2.34. The van der Waals surface area contributed by atoms with Gasteiger partial charge in [0.2, 0.25) is 6.41 Å². The first-order chi connectivity index (χ1) is 9.86. The van der Waals surface area contributed by atoms with Crippen LogP contribution in [-0.4, -0.2) is 24.1 Å². The van der Waals surface area contributed by atoms with Crippen molar-refractivity contribution in [3.63, 3.8) is 0 Å². The number of aromatic nitrogens is 1. The van der Waals surface area contributed by atoms with Crippen LogP contribution in [-0.2, 0) is 4.79 Å². The summed E-state index contributed by atoms with van der Waals surface area (Å²) in [7, 11) is 0. The Labute approximate surface area is 119 Å². The molecule has 1 aromatic heterocycles. The van der Waals surface area contributed by atoms with Crippen molar-refractivity contribution in [1.82, 2.24) is 4.57 Å². The maximum atomic E-state index is 10.4. The van der Waals surface area contributed by atoms with E-state index in [1.54, 1.807) is 0 Å². The number of rotatable bonds is 4. The SMILES string of the molecule is O=CNc1ccc(N2CCC(n3cccc3)CC2)cc1. The minimum atomic E-state index is 0.622. The second kappa shape index (κ2) is 5.82. The second-order valence-corrected chi connectivity index (χ2v) is 5.16. The zero-order valence-electron chi connectivity index (χ0n) is 11.4. The van der Waals surface area contributed by atoms with Crippen molar-refractivity contribution in [1.29, 1.82) is 0 Å². The minimum Gasteiger partial charge on any atom is -0.371 e. The molecular weight excluding hydrogens is 250 g/mol. The highest BCUT2D eigenvalue weighted by Crippen LogP contribution is 2.27. The molecule has 0 radical (unpaired) electrons. The maximum absolute atomic E-state index is 10.4. The second-order valence-electron chi connectivity index (χ2n) is 5.16. The third-order valence-corrected chi connectivity index (χ3v) is 3.97. The van der Waals surface area contributed by atoms with Crippen molar-refractivity contribution >= 4 is 17.8 Å². The molecule has 0 unspecified atom stereocenters. The lowest BCUT2D eigenvalue weighted by atomic mass is 10.0. The quantitative estimate of drug-likeness (QED) is 0.867. The average Bonchev–Trinajstić information content (AvgIpc) is 3.03. The zero-order valence-corrected chi connectivity index (χ0v) is 11.4. The number of amides is 1. The summed E-state index contributed by atoms with van der Waals surface area (Å²) in [5.41, 5.74) is 2.07. The van der Waals surface area contributed by atoms with E-state index >= 15 is 0 Å². The number of hydrogen-bond donors (Lipinski definition) is 1. The van der Waals surface area contributed by atoms with E-state index in [0.717, 1.165) is 18.8 Å². The van der Waals surface area contributed by atoms with Crippen molar-refractivity contribution in [2.45, 2.75) is 18.9 Å². The Morgan fingerprint density at radius 3 is 2.30 bits per heavy atom. The zero-order chi connectivity index (χ0) is 13.8. The summed E-state index contributed by atoms with van der Waals surface area (Å²) >= 11 is 0. The first-order valence-corrected chi connectivity index (χ1v) is 7.04. The molecule has 0 saturated carbocycles. The molecular formula is C16H19N3O. The Kier molecular flexibility index (Phi) is 3.72. The van der Waals surface area contributed by atoms with Crippen LogP contribution in [0.4, 0.5) is 11.4 Å². The minimum absolute atomic E-state index is 0.622. The molecule has 0 spiro atoms. The molecule has 104 valence electrons. The Morgan fingerprint density at radius 2 is 1.70 bits per heavy atom. The highest BCUT2D eigenvalue weighted by atomic mass is 16.1. The Balaban J connectivity index is 1.61. The van der Waals surface area contributed by atoms with Crippen molar-refractivity contribution < 1.29 is 4.79 Å². The van der Waals surface area contributed by atoms with Crippen molar-refractivity contribution in [2.24, 2.45) is 0 Å². The van der Waals surface area contributed by atoms with E-state index in [1.807, 2.05) is 12.1 Å². The summed E-state index contributed by atoms with van der Waals surface area (Å²) in [6, 6.07) is 12.8. The molecule has 2 heterocycles. The molecule has 3 rings (SSSR count). The lowest BCUT2D eigenvalue weighted by molar-refractivity contribution is -0.105. The molecule has 1 aliphatic heterocycles. The molecule has 1 saturated heterocycles. The summed E-state index contributed by atoms with van der Waals surface area (Å²) in [6.45, 7) is 2.15. The molecule has 1 amide bonds. The number of anilines is 2. The normalized spacial score (nSPS) is 16.1. The number of carbonyl (C=O) groups excluding carboxylic acids is 1. The van der Waals surface area contributed by atoms with Gasteiger partial charge in [-0.25, -0.2) is 0 Å². The fourth-order valence-electron chi connectivity index (χ4n) is 2.85. The van der Waals surface area contributed by atoms with Crippen LogP contribution in [0.15, 0.2) is 48.8 Å². The molecule has 1 aliphatic rings. The maximum Gasteiger partial charge on any atom is 0.211 e. The van der Waals surface area contributed by atoms with Crippen LogP contribution in [0.1, 0.15) is 18.9 Å². The molecule has 4 nitrogen and oxygen atoms in total. The third-order valence-electron chi connectivity index (χ3n) is 3.97. The molecule has 2 aromatic rings. The molecule has 1 N–H and O–H groups in total. The summed E-state index contributed by atoms with van der Waals surface area (Å²) in [5.74, 6) is 0. The number of nitrogens with zero attached hydrogens (tertiary/aromatic N) is 2. The van der Waals surface area contributed by atoms with Gasteiger partial charge in [0, 0.05) is 42.9 Å². The third kappa shape index (κ3) is 2.69. The standard InChI is InChI=1S/C16H19N3O/c20-13-17-14-3-5-15(6-4-14)19-11-7-16(8-12-19)18-9-1-2-10-18/h1-6,9-10,13,16H,7-8,11-12H2,(H,17,20). The number of piperidine rings is 1. The van der Waals surface area contributed by atoms with Crippen LogP contribution in [0, 0.1) is 0 Å². The van der Waals surface area contributed by atoms with Crippen LogP contribution in [0.2, 0.25) is 0 Å². The largest absolute Gasteiger partial charge is 0.371 e. The van der Waals surface area contributed by atoms with E-state index in [4.69, 9.17) is 0 Å². The van der Waals surface area contributed by atoms with Gasteiger partial charge in [0.1, 0.15) is 0 Å². The fourth-order valence-corrected chi connectivity index (χ4v) is 2.85. The molecule has 1 aromatic carbocycles. The topological polar surface area (TPSA) is 37.3 Å². The van der Waals surface area contributed by atoms with Crippen LogP contribution < -0.4 is 10.2 Å². The number of nitrogens with one attached hydrogen (secondary N) is 1. The van der Waals surface area contributed by atoms with Gasteiger partial charge in [-0.1, -0.05) is 0 Å². The highest BCUT2D eigenvalue weighted by molar-refractivity contribution is 5.72. The van der Waals surface area contributed by atoms with Gasteiger partial charge in [-0.15, -0.1) is 0 Å². The summed E-state index contributed by atoms with van der Waals surface area (Å²) in [6.07, 6.45) is 7.35. The van der Waals surface area contributed by atoms with E-state index in [-0.39, 0.29) is 0 Å². The van der Waals surface area contributed by atoms with E-state index < -0.39 is 0 Å². The van der Waals surface area contributed by atoms with E-state index in [9.17, 15) is 4.79 Å².